The van der Waals surface area contributed by atoms with Crippen molar-refractivity contribution in [2.45, 2.75) is 20.4 Å². The Bertz CT molecular complexity index is 1060. The molecule has 1 aliphatic heterocycles. The summed E-state index contributed by atoms with van der Waals surface area (Å²) in [4.78, 5) is 13.0. The topological polar surface area (TPSA) is 46.4 Å². The highest BCUT2D eigenvalue weighted by molar-refractivity contribution is 6.82. The van der Waals surface area contributed by atoms with Crippen molar-refractivity contribution >= 4 is 29.3 Å². The van der Waals surface area contributed by atoms with Crippen molar-refractivity contribution in [2.75, 3.05) is 4.81 Å². The largest absolute Gasteiger partial charge is 0.403 e. The number of nitro benzene ring substituents is 1. The summed E-state index contributed by atoms with van der Waals surface area (Å²) >= 11 is 0. The smallest absolute Gasteiger partial charge is 0.316 e. The number of non-ortho nitro benzene ring substituents is 1. The number of para-hydroxylation sites is 1. The zero-order valence-corrected chi connectivity index (χ0v) is 16.0. The zero-order valence-electron chi connectivity index (χ0n) is 16.0. The molecule has 3 aromatic rings. The van der Waals surface area contributed by atoms with E-state index in [0.717, 1.165) is 5.56 Å². The van der Waals surface area contributed by atoms with Gasteiger partial charge in [-0.05, 0) is 31.0 Å². The standard InChI is InChI=1S/C23H21BN2O2/c1-17-6-5-7-20(14-17)24-15-18(2)22-8-3-4-9-23(22)25(24)16-19-10-12-21(13-11-19)26(27)28/h3-15H,16H2,1-2H3. The van der Waals surface area contributed by atoms with Crippen LogP contribution in [0.25, 0.3) is 5.57 Å². The van der Waals surface area contributed by atoms with Crippen LogP contribution in [0.15, 0.2) is 78.8 Å². The fourth-order valence-corrected chi connectivity index (χ4v) is 3.86. The Labute approximate surface area is 165 Å². The van der Waals surface area contributed by atoms with E-state index < -0.39 is 0 Å². The van der Waals surface area contributed by atoms with Crippen molar-refractivity contribution < 1.29 is 4.92 Å². The number of benzene rings is 3. The van der Waals surface area contributed by atoms with Crippen LogP contribution < -0.4 is 10.3 Å². The summed E-state index contributed by atoms with van der Waals surface area (Å²) in [5, 5.41) is 11.0. The van der Waals surface area contributed by atoms with Crippen LogP contribution in [0.5, 0.6) is 0 Å². The normalized spacial score (nSPS) is 13.1. The van der Waals surface area contributed by atoms with Gasteiger partial charge in [-0.25, -0.2) is 0 Å². The SMILES string of the molecule is CC1=CB(c2cccc(C)c2)N(Cc2ccc([N+](=O)[O-])cc2)c2ccccc21. The molecule has 1 heterocycles. The van der Waals surface area contributed by atoms with Gasteiger partial charge in [0.15, 0.2) is 0 Å². The first-order valence-electron chi connectivity index (χ1n) is 9.37. The lowest BCUT2D eigenvalue weighted by Gasteiger charge is -2.36. The van der Waals surface area contributed by atoms with Gasteiger partial charge in [-0.2, -0.15) is 0 Å². The first-order chi connectivity index (χ1) is 13.5. The highest BCUT2D eigenvalue weighted by Gasteiger charge is 2.30. The molecule has 0 unspecified atom stereocenters. The Kier molecular flexibility index (Phi) is 4.74. The molecule has 28 heavy (non-hydrogen) atoms. The average Bonchev–Trinajstić information content (AvgIpc) is 2.70. The van der Waals surface area contributed by atoms with E-state index in [0.29, 0.717) is 6.54 Å². The van der Waals surface area contributed by atoms with Crippen molar-refractivity contribution in [2.24, 2.45) is 0 Å². The Morgan fingerprint density at radius 2 is 1.71 bits per heavy atom. The van der Waals surface area contributed by atoms with Gasteiger partial charge in [0.2, 0.25) is 0 Å². The lowest BCUT2D eigenvalue weighted by Crippen LogP contribution is -2.49. The molecule has 0 aromatic heterocycles. The Balaban J connectivity index is 1.76. The minimum Gasteiger partial charge on any atom is -0.403 e. The number of rotatable bonds is 4. The van der Waals surface area contributed by atoms with Gasteiger partial charge in [-0.1, -0.05) is 77.2 Å². The minimum absolute atomic E-state index is 0.116. The Morgan fingerprint density at radius 1 is 0.964 bits per heavy atom. The van der Waals surface area contributed by atoms with Crippen molar-refractivity contribution in [3.63, 3.8) is 0 Å². The van der Waals surface area contributed by atoms with Crippen molar-refractivity contribution in [1.29, 1.82) is 0 Å². The minimum atomic E-state index is -0.360. The predicted octanol–water partition coefficient (Wildman–Crippen LogP) is 4.76. The maximum atomic E-state index is 11.0. The van der Waals surface area contributed by atoms with Gasteiger partial charge in [0.1, 0.15) is 0 Å². The maximum absolute atomic E-state index is 11.0. The molecule has 5 heteroatoms. The third kappa shape index (κ3) is 3.43. The number of allylic oxidation sites excluding steroid dienone is 1. The van der Waals surface area contributed by atoms with Crippen molar-refractivity contribution in [1.82, 2.24) is 0 Å². The lowest BCUT2D eigenvalue weighted by molar-refractivity contribution is -0.384. The van der Waals surface area contributed by atoms with Crippen molar-refractivity contribution in [3.8, 4) is 0 Å². The molecule has 4 nitrogen and oxygen atoms in total. The van der Waals surface area contributed by atoms with Gasteiger partial charge in [-0.3, -0.25) is 10.1 Å². The third-order valence-electron chi connectivity index (χ3n) is 5.27. The lowest BCUT2D eigenvalue weighted by atomic mass is 9.51. The van der Waals surface area contributed by atoms with Crippen molar-refractivity contribution in [3.05, 3.63) is 106 Å². The summed E-state index contributed by atoms with van der Waals surface area (Å²) in [5.41, 5.74) is 7.33. The molecular formula is C23H21BN2O2. The first-order valence-corrected chi connectivity index (χ1v) is 9.37. The van der Waals surface area contributed by atoms with Gasteiger partial charge in [0, 0.05) is 24.4 Å². The molecule has 4 rings (SSSR count). The fraction of sp³-hybridized carbons (Fsp3) is 0.130. The van der Waals surface area contributed by atoms with E-state index in [9.17, 15) is 10.1 Å². The van der Waals surface area contributed by atoms with Crippen LogP contribution in [0.4, 0.5) is 11.4 Å². The number of nitrogens with zero attached hydrogens (tertiary/aromatic N) is 2. The summed E-state index contributed by atoms with van der Waals surface area (Å²) in [5.74, 6) is 2.31. The Morgan fingerprint density at radius 3 is 2.43 bits per heavy atom. The number of hydrogen-bond acceptors (Lipinski definition) is 3. The molecule has 0 radical (unpaired) electrons. The quantitative estimate of drug-likeness (QED) is 0.379. The number of fused-ring (bicyclic) bond motifs is 1. The van der Waals surface area contributed by atoms with Crippen LogP contribution in [0.1, 0.15) is 23.6 Å². The molecule has 3 aromatic carbocycles. The monoisotopic (exact) mass is 368 g/mol. The fourth-order valence-electron chi connectivity index (χ4n) is 3.86. The van der Waals surface area contributed by atoms with Gasteiger partial charge >= 0.3 is 6.85 Å². The molecule has 1 aliphatic rings. The van der Waals surface area contributed by atoms with Crippen LogP contribution in [0, 0.1) is 17.0 Å². The molecule has 0 saturated carbocycles. The predicted molar refractivity (Wildman–Crippen MR) is 116 cm³/mol. The van der Waals surface area contributed by atoms with E-state index in [2.05, 4.69) is 73.2 Å². The summed E-state index contributed by atoms with van der Waals surface area (Å²) in [7, 11) is 0. The van der Waals surface area contributed by atoms with Crippen LogP contribution in [0.2, 0.25) is 0 Å². The zero-order chi connectivity index (χ0) is 19.7. The molecule has 0 N–H and O–H groups in total. The first kappa shape index (κ1) is 18.0. The van der Waals surface area contributed by atoms with Crippen LogP contribution in [0.3, 0.4) is 0 Å². The second-order valence-corrected chi connectivity index (χ2v) is 7.28. The highest BCUT2D eigenvalue weighted by atomic mass is 16.6. The maximum Gasteiger partial charge on any atom is 0.316 e. The number of anilines is 1. The molecular weight excluding hydrogens is 347 g/mol. The molecule has 138 valence electrons. The van der Waals surface area contributed by atoms with Gasteiger partial charge in [0.05, 0.1) is 4.92 Å². The summed E-state index contributed by atoms with van der Waals surface area (Å²) in [6, 6.07) is 23.9. The second kappa shape index (κ2) is 7.35. The number of hydrogen-bond donors (Lipinski definition) is 0. The molecule has 0 amide bonds. The molecule has 0 spiro atoms. The van der Waals surface area contributed by atoms with E-state index in [-0.39, 0.29) is 17.5 Å². The summed E-state index contributed by atoms with van der Waals surface area (Å²) in [6.45, 7) is 5.06. The van der Waals surface area contributed by atoms with Gasteiger partial charge < -0.3 is 4.81 Å². The van der Waals surface area contributed by atoms with Crippen LogP contribution in [-0.4, -0.2) is 11.8 Å². The molecule has 0 fully saturated rings. The van der Waals surface area contributed by atoms with Crippen LogP contribution in [-0.2, 0) is 6.54 Å². The average molecular weight is 368 g/mol. The second-order valence-electron chi connectivity index (χ2n) is 7.28. The number of aryl methyl sites for hydroxylation is 1. The Hall–Kier alpha value is -3.34. The van der Waals surface area contributed by atoms with E-state index in [4.69, 9.17) is 0 Å². The van der Waals surface area contributed by atoms with Gasteiger partial charge in [0.25, 0.3) is 5.69 Å². The third-order valence-corrected chi connectivity index (χ3v) is 5.27. The number of nitro groups is 1. The summed E-state index contributed by atoms with van der Waals surface area (Å²) < 4.78 is 0. The molecule has 0 saturated heterocycles. The van der Waals surface area contributed by atoms with E-state index in [1.165, 1.54) is 27.9 Å². The highest BCUT2D eigenvalue weighted by Crippen LogP contribution is 2.33. The molecule has 0 atom stereocenters. The van der Waals surface area contributed by atoms with Crippen LogP contribution >= 0.6 is 0 Å². The molecule has 0 aliphatic carbocycles. The van der Waals surface area contributed by atoms with E-state index >= 15 is 0 Å². The van der Waals surface area contributed by atoms with E-state index in [1.54, 1.807) is 12.1 Å². The van der Waals surface area contributed by atoms with E-state index in [1.807, 2.05) is 12.1 Å². The molecule has 0 bridgehead atoms. The van der Waals surface area contributed by atoms with Gasteiger partial charge in [-0.15, -0.1) is 0 Å². The summed E-state index contributed by atoms with van der Waals surface area (Å²) in [6.07, 6.45) is 0.